The van der Waals surface area contributed by atoms with Crippen LogP contribution in [0.4, 0.5) is 5.69 Å². The van der Waals surface area contributed by atoms with Crippen molar-refractivity contribution in [2.75, 3.05) is 11.4 Å². The number of aromatic nitrogens is 4. The molecule has 7 nitrogen and oxygen atoms in total. The van der Waals surface area contributed by atoms with Gasteiger partial charge in [-0.1, -0.05) is 6.92 Å². The number of hydrogen-bond donors (Lipinski definition) is 0. The average Bonchev–Trinajstić information content (AvgIpc) is 3.39. The third kappa shape index (κ3) is 2.27. The van der Waals surface area contributed by atoms with Gasteiger partial charge in [-0.25, -0.2) is 4.52 Å². The minimum Gasteiger partial charge on any atom is -0.309 e. The molecule has 1 saturated carbocycles. The Labute approximate surface area is 162 Å². The van der Waals surface area contributed by atoms with Gasteiger partial charge in [-0.15, -0.1) is 0 Å². The molecule has 140 valence electrons. The Morgan fingerprint density at radius 3 is 2.75 bits per heavy atom. The summed E-state index contributed by atoms with van der Waals surface area (Å²) >= 11 is 0. The Morgan fingerprint density at radius 1 is 1.25 bits per heavy atom. The van der Waals surface area contributed by atoms with Gasteiger partial charge in [0, 0.05) is 30.4 Å². The predicted molar refractivity (Wildman–Crippen MR) is 103 cm³/mol. The maximum absolute atomic E-state index is 13.4. The van der Waals surface area contributed by atoms with E-state index in [4.69, 9.17) is 0 Å². The summed E-state index contributed by atoms with van der Waals surface area (Å²) in [7, 11) is 0. The number of rotatable bonds is 3. The van der Waals surface area contributed by atoms with Crippen LogP contribution in [0.15, 0.2) is 36.7 Å². The Kier molecular flexibility index (Phi) is 3.53. The number of hydrogen-bond acceptors (Lipinski definition) is 5. The van der Waals surface area contributed by atoms with Crippen LogP contribution in [-0.2, 0) is 4.79 Å². The van der Waals surface area contributed by atoms with Gasteiger partial charge in [0.1, 0.15) is 5.41 Å². The molecule has 1 amide bonds. The number of nitrogens with zero attached hydrogens (tertiary/aromatic N) is 6. The van der Waals surface area contributed by atoms with Gasteiger partial charge < -0.3 is 4.90 Å². The molecule has 2 aliphatic rings. The Balaban J connectivity index is 1.59. The minimum atomic E-state index is -0.891. The molecular formula is C21H20N6O. The summed E-state index contributed by atoms with van der Waals surface area (Å²) in [6, 6.07) is 10.1. The highest BCUT2D eigenvalue weighted by atomic mass is 16.2. The fourth-order valence-electron chi connectivity index (χ4n) is 4.43. The van der Waals surface area contributed by atoms with Gasteiger partial charge in [0.25, 0.3) is 0 Å². The zero-order valence-corrected chi connectivity index (χ0v) is 15.8. The highest BCUT2D eigenvalue weighted by molar-refractivity contribution is 6.05. The largest absolute Gasteiger partial charge is 0.309 e. The molecule has 3 aromatic rings. The van der Waals surface area contributed by atoms with Crippen LogP contribution in [0.2, 0.25) is 0 Å². The lowest BCUT2D eigenvalue weighted by Gasteiger charge is -2.23. The smallest absolute Gasteiger partial charge is 0.248 e. The second-order valence-corrected chi connectivity index (χ2v) is 7.91. The van der Waals surface area contributed by atoms with Crippen molar-refractivity contribution in [2.45, 2.75) is 26.7 Å². The normalized spacial score (nSPS) is 24.7. The molecule has 0 aromatic carbocycles. The lowest BCUT2D eigenvalue weighted by molar-refractivity contribution is -0.124. The summed E-state index contributed by atoms with van der Waals surface area (Å²) in [6.45, 7) is 4.46. The first kappa shape index (κ1) is 16.9. The fraction of sp³-hybridized carbons (Fsp3) is 0.381. The Hall–Kier alpha value is -3.27. The van der Waals surface area contributed by atoms with E-state index in [1.54, 1.807) is 15.6 Å². The predicted octanol–water partition coefficient (Wildman–Crippen LogP) is 3.00. The molecule has 2 fully saturated rings. The van der Waals surface area contributed by atoms with Gasteiger partial charge in [-0.2, -0.15) is 20.6 Å². The van der Waals surface area contributed by atoms with Crippen molar-refractivity contribution in [1.82, 2.24) is 19.8 Å². The molecule has 4 heterocycles. The zero-order valence-electron chi connectivity index (χ0n) is 15.8. The number of anilines is 1. The number of carbonyl (C=O) groups excluding carboxylic acids is 1. The van der Waals surface area contributed by atoms with Gasteiger partial charge in [0.15, 0.2) is 0 Å². The summed E-state index contributed by atoms with van der Waals surface area (Å²) in [5.74, 6) is 0.118. The standard InChI is InChI=1S/C21H20N6O/c1-13-10-26(20(28)21(13,12-22)16-4-5-16)18-7-8-23-27-11-15(9-19(18)27)17-6-3-14(2)24-25-17/h3,6-9,11,13,16H,4-5,10H2,1-2H3/t13-,21+/m1/s1. The van der Waals surface area contributed by atoms with Crippen LogP contribution in [0.25, 0.3) is 16.8 Å². The first-order valence-electron chi connectivity index (χ1n) is 9.56. The van der Waals surface area contributed by atoms with Gasteiger partial charge in [0.2, 0.25) is 5.91 Å². The van der Waals surface area contributed by atoms with Crippen molar-refractivity contribution in [2.24, 2.45) is 17.3 Å². The van der Waals surface area contributed by atoms with Crippen LogP contribution in [0, 0.1) is 35.5 Å². The molecular weight excluding hydrogens is 352 g/mol. The summed E-state index contributed by atoms with van der Waals surface area (Å²) in [4.78, 5) is 15.1. The van der Waals surface area contributed by atoms with E-state index in [0.29, 0.717) is 6.54 Å². The molecule has 1 aliphatic heterocycles. The first-order valence-corrected chi connectivity index (χ1v) is 9.56. The number of amides is 1. The third-order valence-electron chi connectivity index (χ3n) is 6.11. The maximum atomic E-state index is 13.4. The lowest BCUT2D eigenvalue weighted by atomic mass is 9.75. The van der Waals surface area contributed by atoms with Gasteiger partial charge >= 0.3 is 0 Å². The topological polar surface area (TPSA) is 87.2 Å². The van der Waals surface area contributed by atoms with Crippen molar-refractivity contribution >= 4 is 17.1 Å². The van der Waals surface area contributed by atoms with E-state index in [-0.39, 0.29) is 17.7 Å². The summed E-state index contributed by atoms with van der Waals surface area (Å²) in [6.07, 6.45) is 5.50. The van der Waals surface area contributed by atoms with Crippen LogP contribution in [0.1, 0.15) is 25.5 Å². The highest BCUT2D eigenvalue weighted by Gasteiger charge is 2.61. The molecule has 1 aliphatic carbocycles. The van der Waals surface area contributed by atoms with Crippen LogP contribution < -0.4 is 4.90 Å². The molecule has 0 radical (unpaired) electrons. The van der Waals surface area contributed by atoms with Gasteiger partial charge in [-0.3, -0.25) is 4.79 Å². The van der Waals surface area contributed by atoms with E-state index >= 15 is 0 Å². The van der Waals surface area contributed by atoms with E-state index < -0.39 is 5.41 Å². The van der Waals surface area contributed by atoms with Gasteiger partial charge in [-0.05, 0) is 49.9 Å². The monoisotopic (exact) mass is 372 g/mol. The molecule has 0 unspecified atom stereocenters. The average molecular weight is 372 g/mol. The Bertz CT molecular complexity index is 1120. The fourth-order valence-corrected chi connectivity index (χ4v) is 4.43. The second-order valence-electron chi connectivity index (χ2n) is 7.91. The SMILES string of the molecule is Cc1ccc(-c2cc3c(N4C[C@@H](C)[C@@](C#N)(C5CC5)C4=O)ccnn3c2)nn1. The molecule has 2 atom stereocenters. The quantitative estimate of drug-likeness (QED) is 0.705. The van der Waals surface area contributed by atoms with Crippen molar-refractivity contribution in [3.8, 4) is 17.3 Å². The van der Waals surface area contributed by atoms with Gasteiger partial charge in [0.05, 0.1) is 28.7 Å². The maximum Gasteiger partial charge on any atom is 0.248 e. The molecule has 1 saturated heterocycles. The molecule has 0 spiro atoms. The zero-order chi connectivity index (χ0) is 19.5. The number of carbonyl (C=O) groups is 1. The molecule has 0 N–H and O–H groups in total. The van der Waals surface area contributed by atoms with Crippen LogP contribution >= 0.6 is 0 Å². The molecule has 5 rings (SSSR count). The minimum absolute atomic E-state index is 0.00288. The lowest BCUT2D eigenvalue weighted by Crippen LogP contribution is -2.37. The van der Waals surface area contributed by atoms with Crippen LogP contribution in [-0.4, -0.2) is 32.3 Å². The molecule has 0 bridgehead atoms. The summed E-state index contributed by atoms with van der Waals surface area (Å²) in [5.41, 5.74) is 3.23. The second kappa shape index (κ2) is 5.86. The van der Waals surface area contributed by atoms with E-state index in [0.717, 1.165) is 41.0 Å². The number of nitriles is 1. The Morgan fingerprint density at radius 2 is 2.07 bits per heavy atom. The van der Waals surface area contributed by atoms with E-state index in [1.807, 2.05) is 44.3 Å². The number of fused-ring (bicyclic) bond motifs is 1. The van der Waals surface area contributed by atoms with Crippen molar-refractivity contribution in [3.63, 3.8) is 0 Å². The molecule has 3 aromatic heterocycles. The third-order valence-corrected chi connectivity index (χ3v) is 6.11. The van der Waals surface area contributed by atoms with Crippen LogP contribution in [0.5, 0.6) is 0 Å². The van der Waals surface area contributed by atoms with E-state index in [2.05, 4.69) is 21.4 Å². The first-order chi connectivity index (χ1) is 13.5. The summed E-state index contributed by atoms with van der Waals surface area (Å²) < 4.78 is 1.76. The van der Waals surface area contributed by atoms with Crippen molar-refractivity contribution in [1.29, 1.82) is 5.26 Å². The van der Waals surface area contributed by atoms with E-state index in [9.17, 15) is 10.1 Å². The summed E-state index contributed by atoms with van der Waals surface area (Å²) in [5, 5.41) is 22.7. The highest BCUT2D eigenvalue weighted by Crippen LogP contribution is 2.54. The number of aryl methyl sites for hydroxylation is 1. The molecule has 28 heavy (non-hydrogen) atoms. The van der Waals surface area contributed by atoms with Crippen molar-refractivity contribution in [3.05, 3.63) is 42.4 Å². The molecule has 7 heteroatoms. The van der Waals surface area contributed by atoms with E-state index in [1.165, 1.54) is 0 Å². The van der Waals surface area contributed by atoms with Crippen molar-refractivity contribution < 1.29 is 4.79 Å². The van der Waals surface area contributed by atoms with Crippen LogP contribution in [0.3, 0.4) is 0 Å².